The summed E-state index contributed by atoms with van der Waals surface area (Å²) < 4.78 is 5.02. The second-order valence-corrected chi connectivity index (χ2v) is 3.29. The summed E-state index contributed by atoms with van der Waals surface area (Å²) in [7, 11) is 0. The minimum Gasteiger partial charge on any atom is -0.461 e. The molecule has 0 spiro atoms. The fourth-order valence-electron chi connectivity index (χ4n) is 1.44. The predicted octanol–water partition coefficient (Wildman–Crippen LogP) is 0.671. The monoisotopic (exact) mass is 154 g/mol. The molecule has 1 heterocycles. The minimum absolute atomic E-state index is 0.0107. The number of hydrogen-bond acceptors (Lipinski definition) is 3. The van der Waals surface area contributed by atoms with Crippen molar-refractivity contribution in [1.82, 2.24) is 0 Å². The zero-order valence-electron chi connectivity index (χ0n) is 6.21. The average molecular weight is 154 g/mol. The summed E-state index contributed by atoms with van der Waals surface area (Å²) in [5.74, 6) is 0.194. The fourth-order valence-corrected chi connectivity index (χ4v) is 1.44. The van der Waals surface area contributed by atoms with Gasteiger partial charge in [0.25, 0.3) is 0 Å². The van der Waals surface area contributed by atoms with Crippen molar-refractivity contribution >= 4 is 11.8 Å². The summed E-state index contributed by atoms with van der Waals surface area (Å²) in [6.07, 6.45) is 2.60. The first-order chi connectivity index (χ1) is 5.25. The molecule has 60 valence electrons. The maximum absolute atomic E-state index is 10.9. The van der Waals surface area contributed by atoms with Crippen LogP contribution in [0.25, 0.3) is 0 Å². The fraction of sp³-hybridized carbons (Fsp3) is 0.750. The lowest BCUT2D eigenvalue weighted by molar-refractivity contribution is -0.158. The largest absolute Gasteiger partial charge is 0.461 e. The van der Waals surface area contributed by atoms with Gasteiger partial charge in [0.05, 0.1) is 0 Å². The highest BCUT2D eigenvalue weighted by Crippen LogP contribution is 2.37. The van der Waals surface area contributed by atoms with Gasteiger partial charge in [-0.25, -0.2) is 0 Å². The van der Waals surface area contributed by atoms with E-state index in [-0.39, 0.29) is 24.3 Å². The Kier molecular flexibility index (Phi) is 1.44. The van der Waals surface area contributed by atoms with Gasteiger partial charge in [0.15, 0.2) is 0 Å². The number of esters is 1. The molecule has 2 rings (SSSR count). The van der Waals surface area contributed by atoms with Gasteiger partial charge in [-0.2, -0.15) is 0 Å². The third kappa shape index (κ3) is 1.42. The Balaban J connectivity index is 1.99. The number of rotatable bonds is 1. The molecule has 1 saturated carbocycles. The molecule has 1 saturated heterocycles. The molecule has 0 amide bonds. The topological polar surface area (TPSA) is 43.4 Å². The molecule has 11 heavy (non-hydrogen) atoms. The van der Waals surface area contributed by atoms with E-state index in [4.69, 9.17) is 4.74 Å². The van der Waals surface area contributed by atoms with Gasteiger partial charge in [-0.05, 0) is 18.8 Å². The lowest BCUT2D eigenvalue weighted by Crippen LogP contribution is -2.30. The number of carbonyl (C=O) groups excluding carboxylic acids is 2. The van der Waals surface area contributed by atoms with Crippen LogP contribution in [0.3, 0.4) is 0 Å². The number of hydrogen-bond donors (Lipinski definition) is 0. The Labute approximate surface area is 64.7 Å². The highest BCUT2D eigenvalue weighted by molar-refractivity contribution is 5.97. The Morgan fingerprint density at radius 2 is 2.00 bits per heavy atom. The van der Waals surface area contributed by atoms with Crippen molar-refractivity contribution in [2.45, 2.75) is 31.8 Å². The molecule has 2 aliphatic rings. The van der Waals surface area contributed by atoms with Crippen molar-refractivity contribution < 1.29 is 14.3 Å². The minimum atomic E-state index is -0.335. The standard InChI is InChI=1S/C8H10O3/c9-6-3-7(5-1-2-5)11-8(10)4-6/h5,7H,1-4H2. The van der Waals surface area contributed by atoms with E-state index in [1.165, 1.54) is 0 Å². The van der Waals surface area contributed by atoms with Crippen LogP contribution in [0.1, 0.15) is 25.7 Å². The third-order valence-corrected chi connectivity index (χ3v) is 2.20. The van der Waals surface area contributed by atoms with Gasteiger partial charge in [0, 0.05) is 6.42 Å². The molecular weight excluding hydrogens is 144 g/mol. The van der Waals surface area contributed by atoms with Gasteiger partial charge in [-0.15, -0.1) is 0 Å². The van der Waals surface area contributed by atoms with Crippen molar-refractivity contribution in [2.24, 2.45) is 5.92 Å². The molecule has 0 aromatic rings. The van der Waals surface area contributed by atoms with Gasteiger partial charge < -0.3 is 4.74 Å². The maximum atomic E-state index is 10.9. The molecule has 3 nitrogen and oxygen atoms in total. The number of Topliss-reactive ketones (excluding diaryl/α,β-unsaturated/α-hetero) is 1. The second-order valence-electron chi connectivity index (χ2n) is 3.29. The van der Waals surface area contributed by atoms with Crippen molar-refractivity contribution in [2.75, 3.05) is 0 Å². The van der Waals surface area contributed by atoms with Crippen molar-refractivity contribution in [1.29, 1.82) is 0 Å². The van der Waals surface area contributed by atoms with Gasteiger partial charge in [-0.1, -0.05) is 0 Å². The highest BCUT2D eigenvalue weighted by atomic mass is 16.5. The molecule has 1 aliphatic heterocycles. The van der Waals surface area contributed by atoms with E-state index in [0.717, 1.165) is 12.8 Å². The van der Waals surface area contributed by atoms with Crippen LogP contribution in [-0.2, 0) is 14.3 Å². The number of cyclic esters (lactones) is 1. The normalized spacial score (nSPS) is 31.8. The molecule has 0 aromatic heterocycles. The molecule has 1 aliphatic carbocycles. The molecule has 3 heteroatoms. The molecular formula is C8H10O3. The first kappa shape index (κ1) is 6.83. The van der Waals surface area contributed by atoms with Gasteiger partial charge in [0.2, 0.25) is 0 Å². The van der Waals surface area contributed by atoms with Gasteiger partial charge in [0.1, 0.15) is 18.3 Å². The van der Waals surface area contributed by atoms with Crippen LogP contribution >= 0.6 is 0 Å². The lowest BCUT2D eigenvalue weighted by atomic mass is 10.0. The summed E-state index contributed by atoms with van der Waals surface area (Å²) >= 11 is 0. The SMILES string of the molecule is O=C1CC(=O)OC(C2CC2)C1. The number of ether oxygens (including phenoxy) is 1. The van der Waals surface area contributed by atoms with Crippen LogP contribution in [0.5, 0.6) is 0 Å². The zero-order valence-corrected chi connectivity index (χ0v) is 6.21. The van der Waals surface area contributed by atoms with Crippen LogP contribution in [-0.4, -0.2) is 17.9 Å². The van der Waals surface area contributed by atoms with Crippen molar-refractivity contribution in [3.63, 3.8) is 0 Å². The van der Waals surface area contributed by atoms with Crippen LogP contribution < -0.4 is 0 Å². The zero-order chi connectivity index (χ0) is 7.84. The Hall–Kier alpha value is -0.860. The summed E-state index contributed by atoms with van der Waals surface area (Å²) in [6.45, 7) is 0. The summed E-state index contributed by atoms with van der Waals surface area (Å²) in [5, 5.41) is 0. The van der Waals surface area contributed by atoms with E-state index in [1.807, 2.05) is 0 Å². The van der Waals surface area contributed by atoms with Gasteiger partial charge >= 0.3 is 5.97 Å². The number of ketones is 1. The quantitative estimate of drug-likeness (QED) is 0.412. The third-order valence-electron chi connectivity index (χ3n) is 2.20. The number of carbonyl (C=O) groups is 2. The first-order valence-electron chi connectivity index (χ1n) is 3.97. The molecule has 2 fully saturated rings. The summed E-state index contributed by atoms with van der Waals surface area (Å²) in [5.41, 5.74) is 0. The molecule has 0 radical (unpaired) electrons. The molecule has 0 bridgehead atoms. The Morgan fingerprint density at radius 3 is 2.55 bits per heavy atom. The summed E-state index contributed by atoms with van der Waals surface area (Å²) in [6, 6.07) is 0. The lowest BCUT2D eigenvalue weighted by Gasteiger charge is -2.20. The van der Waals surface area contributed by atoms with Crippen LogP contribution in [0, 0.1) is 5.92 Å². The Bertz CT molecular complexity index is 189. The molecule has 1 atom stereocenters. The van der Waals surface area contributed by atoms with E-state index in [9.17, 15) is 9.59 Å². The molecule has 0 aromatic carbocycles. The predicted molar refractivity (Wildman–Crippen MR) is 36.8 cm³/mol. The van der Waals surface area contributed by atoms with Crippen LogP contribution in [0.15, 0.2) is 0 Å². The average Bonchev–Trinajstić information content (AvgIpc) is 2.64. The first-order valence-corrected chi connectivity index (χ1v) is 3.97. The summed E-state index contributed by atoms with van der Waals surface area (Å²) in [4.78, 5) is 21.7. The van der Waals surface area contributed by atoms with E-state index < -0.39 is 0 Å². The van der Waals surface area contributed by atoms with Crippen LogP contribution in [0.4, 0.5) is 0 Å². The van der Waals surface area contributed by atoms with E-state index in [1.54, 1.807) is 0 Å². The maximum Gasteiger partial charge on any atom is 0.313 e. The van der Waals surface area contributed by atoms with Crippen molar-refractivity contribution in [3.05, 3.63) is 0 Å². The van der Waals surface area contributed by atoms with E-state index in [2.05, 4.69) is 0 Å². The second kappa shape index (κ2) is 2.32. The van der Waals surface area contributed by atoms with Crippen LogP contribution in [0.2, 0.25) is 0 Å². The molecule has 0 N–H and O–H groups in total. The van der Waals surface area contributed by atoms with Gasteiger partial charge in [-0.3, -0.25) is 9.59 Å². The smallest absolute Gasteiger partial charge is 0.313 e. The van der Waals surface area contributed by atoms with E-state index in [0.29, 0.717) is 12.3 Å². The highest BCUT2D eigenvalue weighted by Gasteiger charge is 2.38. The van der Waals surface area contributed by atoms with Crippen molar-refractivity contribution in [3.8, 4) is 0 Å². The van der Waals surface area contributed by atoms with E-state index >= 15 is 0 Å². The Morgan fingerprint density at radius 1 is 1.27 bits per heavy atom. The molecule has 1 unspecified atom stereocenters.